The number of halogens is 1. The Morgan fingerprint density at radius 2 is 1.91 bits per heavy atom. The number of nitrogens with one attached hydrogen (secondary N) is 1. The molecule has 0 aliphatic rings. The number of hydrogen-bond donors (Lipinski definition) is 1. The van der Waals surface area contributed by atoms with E-state index in [2.05, 4.69) is 5.32 Å². The molecule has 1 amide bonds. The van der Waals surface area contributed by atoms with Gasteiger partial charge in [-0.3, -0.25) is 4.79 Å². The van der Waals surface area contributed by atoms with Gasteiger partial charge in [-0.25, -0.2) is 4.39 Å². The van der Waals surface area contributed by atoms with Gasteiger partial charge < -0.3 is 10.1 Å². The van der Waals surface area contributed by atoms with E-state index in [1.165, 1.54) is 24.8 Å². The van der Waals surface area contributed by atoms with Crippen molar-refractivity contribution < 1.29 is 13.9 Å². The normalized spacial score (nSPS) is 12.2. The summed E-state index contributed by atoms with van der Waals surface area (Å²) in [5.41, 5.74) is 2.80. The summed E-state index contributed by atoms with van der Waals surface area (Å²) in [6, 6.07) is 12.2. The molecule has 0 bridgehead atoms. The number of ether oxygens (including phenoxy) is 1. The van der Waals surface area contributed by atoms with Crippen molar-refractivity contribution in [1.29, 1.82) is 0 Å². The zero-order valence-corrected chi connectivity index (χ0v) is 13.5. The van der Waals surface area contributed by atoms with Gasteiger partial charge in [0.1, 0.15) is 0 Å². The van der Waals surface area contributed by atoms with Crippen LogP contribution < -0.4 is 10.1 Å². The topological polar surface area (TPSA) is 38.3 Å². The second-order valence-corrected chi connectivity index (χ2v) is 5.37. The van der Waals surface area contributed by atoms with Gasteiger partial charge in [-0.05, 0) is 43.2 Å². The first kappa shape index (κ1) is 16.7. The van der Waals surface area contributed by atoms with E-state index in [4.69, 9.17) is 4.74 Å². The molecule has 0 spiro atoms. The Labute approximate surface area is 135 Å². The van der Waals surface area contributed by atoms with Gasteiger partial charge in [0.05, 0.1) is 13.2 Å². The average molecular weight is 313 g/mol. The second-order valence-electron chi connectivity index (χ2n) is 5.37. The Morgan fingerprint density at radius 1 is 1.22 bits per heavy atom. The quantitative estimate of drug-likeness (QED) is 0.846. The van der Waals surface area contributed by atoms with Crippen LogP contribution in [0.1, 0.15) is 29.7 Å². The Balaban J connectivity index is 1.99. The fraction of sp³-hybridized carbons (Fsp3) is 0.211. The Hall–Kier alpha value is -2.62. The molecule has 3 nitrogen and oxygen atoms in total. The lowest BCUT2D eigenvalue weighted by Crippen LogP contribution is -2.24. The molecule has 120 valence electrons. The maximum Gasteiger partial charge on any atom is 0.244 e. The lowest BCUT2D eigenvalue weighted by Gasteiger charge is -2.14. The molecule has 23 heavy (non-hydrogen) atoms. The largest absolute Gasteiger partial charge is 0.494 e. The number of aryl methyl sites for hydroxylation is 1. The molecule has 0 aliphatic carbocycles. The van der Waals surface area contributed by atoms with Crippen LogP contribution >= 0.6 is 0 Å². The fourth-order valence-electron chi connectivity index (χ4n) is 2.15. The molecule has 2 aromatic rings. The highest BCUT2D eigenvalue weighted by Crippen LogP contribution is 2.21. The zero-order valence-electron chi connectivity index (χ0n) is 13.5. The Bertz CT molecular complexity index is 708. The number of hydrogen-bond acceptors (Lipinski definition) is 2. The van der Waals surface area contributed by atoms with Gasteiger partial charge in [-0.2, -0.15) is 0 Å². The van der Waals surface area contributed by atoms with E-state index >= 15 is 0 Å². The van der Waals surface area contributed by atoms with Crippen molar-refractivity contribution in [1.82, 2.24) is 5.32 Å². The molecule has 0 radical (unpaired) electrons. The molecular formula is C19H20FNO2. The molecule has 2 aromatic carbocycles. The van der Waals surface area contributed by atoms with E-state index in [9.17, 15) is 9.18 Å². The molecule has 0 aromatic heterocycles. The molecule has 0 unspecified atom stereocenters. The maximum atomic E-state index is 13.7. The fourth-order valence-corrected chi connectivity index (χ4v) is 2.15. The summed E-state index contributed by atoms with van der Waals surface area (Å²) in [5, 5.41) is 2.81. The molecule has 0 aliphatic heterocycles. The van der Waals surface area contributed by atoms with Gasteiger partial charge in [0, 0.05) is 6.08 Å². The number of carbonyl (C=O) groups is 1. The molecular weight excluding hydrogens is 293 g/mol. The summed E-state index contributed by atoms with van der Waals surface area (Å²) in [7, 11) is 1.42. The molecule has 4 heteroatoms. The van der Waals surface area contributed by atoms with E-state index in [-0.39, 0.29) is 17.7 Å². The van der Waals surface area contributed by atoms with E-state index < -0.39 is 5.82 Å². The highest BCUT2D eigenvalue weighted by atomic mass is 19.1. The predicted octanol–water partition coefficient (Wildman–Crippen LogP) is 4.03. The first-order valence-electron chi connectivity index (χ1n) is 7.38. The van der Waals surface area contributed by atoms with Gasteiger partial charge in [0.2, 0.25) is 5.91 Å². The minimum absolute atomic E-state index is 0.187. The summed E-state index contributed by atoms with van der Waals surface area (Å²) >= 11 is 0. The van der Waals surface area contributed by atoms with Crippen molar-refractivity contribution in [2.75, 3.05) is 7.11 Å². The highest BCUT2D eigenvalue weighted by molar-refractivity contribution is 5.91. The summed E-state index contributed by atoms with van der Waals surface area (Å²) in [6.45, 7) is 3.81. The lowest BCUT2D eigenvalue weighted by molar-refractivity contribution is -0.117. The van der Waals surface area contributed by atoms with Gasteiger partial charge in [0.15, 0.2) is 11.6 Å². The van der Waals surface area contributed by atoms with Crippen molar-refractivity contribution in [2.24, 2.45) is 0 Å². The van der Waals surface area contributed by atoms with Crippen molar-refractivity contribution in [3.8, 4) is 5.75 Å². The molecule has 0 fully saturated rings. The standard InChI is InChI=1S/C19H20FNO2/c1-13-4-6-15(7-5-13)8-11-19(22)21-14(2)16-9-10-18(23-3)17(20)12-16/h4-12,14H,1-3H3,(H,21,22)/b11-8+/t14-/m0/s1. The van der Waals surface area contributed by atoms with Crippen LogP contribution in [-0.2, 0) is 4.79 Å². The SMILES string of the molecule is COc1ccc([C@H](C)NC(=O)/C=C/c2ccc(C)cc2)cc1F. The lowest BCUT2D eigenvalue weighted by atomic mass is 10.1. The van der Waals surface area contributed by atoms with Crippen molar-refractivity contribution in [3.63, 3.8) is 0 Å². The van der Waals surface area contributed by atoms with Gasteiger partial charge in [-0.15, -0.1) is 0 Å². The summed E-state index contributed by atoms with van der Waals surface area (Å²) in [6.07, 6.45) is 3.22. The number of rotatable bonds is 5. The van der Waals surface area contributed by atoms with E-state index in [0.717, 1.165) is 5.56 Å². The van der Waals surface area contributed by atoms with Crippen LogP contribution in [0.3, 0.4) is 0 Å². The summed E-state index contributed by atoms with van der Waals surface area (Å²) in [4.78, 5) is 12.0. The smallest absolute Gasteiger partial charge is 0.244 e. The zero-order chi connectivity index (χ0) is 16.8. The van der Waals surface area contributed by atoms with Crippen LogP contribution in [0.25, 0.3) is 6.08 Å². The molecule has 0 heterocycles. The number of benzene rings is 2. The summed E-state index contributed by atoms with van der Waals surface area (Å²) in [5.74, 6) is -0.484. The summed E-state index contributed by atoms with van der Waals surface area (Å²) < 4.78 is 18.6. The van der Waals surface area contributed by atoms with Crippen molar-refractivity contribution in [2.45, 2.75) is 19.9 Å². The maximum absolute atomic E-state index is 13.7. The molecule has 2 rings (SSSR count). The molecule has 0 saturated carbocycles. The van der Waals surface area contributed by atoms with Crippen LogP contribution in [0, 0.1) is 12.7 Å². The van der Waals surface area contributed by atoms with Crippen LogP contribution in [0.4, 0.5) is 4.39 Å². The molecule has 0 saturated heterocycles. The third kappa shape index (κ3) is 4.68. The third-order valence-electron chi connectivity index (χ3n) is 3.54. The van der Waals surface area contributed by atoms with Gasteiger partial charge in [-0.1, -0.05) is 35.9 Å². The molecule has 1 atom stereocenters. The van der Waals surface area contributed by atoms with Crippen LogP contribution in [0.15, 0.2) is 48.5 Å². The first-order chi connectivity index (χ1) is 11.0. The average Bonchev–Trinajstić information content (AvgIpc) is 2.54. The number of carbonyl (C=O) groups excluding carboxylic acids is 1. The minimum atomic E-state index is -0.443. The van der Waals surface area contributed by atoms with Crippen LogP contribution in [0.5, 0.6) is 5.75 Å². The first-order valence-corrected chi connectivity index (χ1v) is 7.38. The number of methoxy groups -OCH3 is 1. The Morgan fingerprint density at radius 3 is 2.52 bits per heavy atom. The molecule has 1 N–H and O–H groups in total. The van der Waals surface area contributed by atoms with Gasteiger partial charge >= 0.3 is 0 Å². The van der Waals surface area contributed by atoms with Gasteiger partial charge in [0.25, 0.3) is 0 Å². The minimum Gasteiger partial charge on any atom is -0.494 e. The second kappa shape index (κ2) is 7.58. The van der Waals surface area contributed by atoms with E-state index in [0.29, 0.717) is 5.56 Å². The van der Waals surface area contributed by atoms with E-state index in [1.807, 2.05) is 31.2 Å². The predicted molar refractivity (Wildman–Crippen MR) is 89.7 cm³/mol. The third-order valence-corrected chi connectivity index (χ3v) is 3.54. The van der Waals surface area contributed by atoms with E-state index in [1.54, 1.807) is 25.1 Å². The van der Waals surface area contributed by atoms with Crippen LogP contribution in [-0.4, -0.2) is 13.0 Å². The Kier molecular flexibility index (Phi) is 5.52. The van der Waals surface area contributed by atoms with Crippen LogP contribution in [0.2, 0.25) is 0 Å². The highest BCUT2D eigenvalue weighted by Gasteiger charge is 2.10. The van der Waals surface area contributed by atoms with Crippen molar-refractivity contribution in [3.05, 3.63) is 71.0 Å². The monoisotopic (exact) mass is 313 g/mol. The van der Waals surface area contributed by atoms with Crippen molar-refractivity contribution >= 4 is 12.0 Å². The number of amides is 1.